The molecule has 0 amide bonds. The molecule has 0 saturated heterocycles. The minimum Gasteiger partial charge on any atom is -0.391 e. The van der Waals surface area contributed by atoms with Gasteiger partial charge in [0.05, 0.1) is 17.8 Å². The SMILES string of the molecule is O=c1ccc(C2CC2)nn1C1CCCC1O. The van der Waals surface area contributed by atoms with Gasteiger partial charge >= 0.3 is 0 Å². The zero-order valence-electron chi connectivity index (χ0n) is 9.17. The summed E-state index contributed by atoms with van der Waals surface area (Å²) in [6.45, 7) is 0. The van der Waals surface area contributed by atoms with Crippen LogP contribution in [-0.2, 0) is 0 Å². The van der Waals surface area contributed by atoms with Gasteiger partial charge in [0, 0.05) is 12.0 Å². The van der Waals surface area contributed by atoms with E-state index in [1.54, 1.807) is 6.07 Å². The molecule has 2 atom stereocenters. The van der Waals surface area contributed by atoms with E-state index in [4.69, 9.17) is 0 Å². The molecule has 3 rings (SSSR count). The van der Waals surface area contributed by atoms with Crippen LogP contribution in [0.3, 0.4) is 0 Å². The molecule has 2 unspecified atom stereocenters. The summed E-state index contributed by atoms with van der Waals surface area (Å²) >= 11 is 0. The standard InChI is InChI=1S/C12H16N2O2/c15-11-3-1-2-10(11)14-12(16)7-6-9(13-14)8-4-5-8/h6-8,10-11,15H,1-5H2. The van der Waals surface area contributed by atoms with E-state index < -0.39 is 6.10 Å². The average molecular weight is 220 g/mol. The van der Waals surface area contributed by atoms with Gasteiger partial charge in [-0.05, 0) is 38.2 Å². The zero-order valence-corrected chi connectivity index (χ0v) is 9.17. The highest BCUT2D eigenvalue weighted by Crippen LogP contribution is 2.38. The molecule has 2 aliphatic carbocycles. The molecule has 4 nitrogen and oxygen atoms in total. The molecule has 0 bridgehead atoms. The van der Waals surface area contributed by atoms with Crippen LogP contribution in [0, 0.1) is 0 Å². The lowest BCUT2D eigenvalue weighted by Crippen LogP contribution is -2.31. The van der Waals surface area contributed by atoms with Crippen LogP contribution in [0.1, 0.15) is 49.8 Å². The van der Waals surface area contributed by atoms with Crippen LogP contribution < -0.4 is 5.56 Å². The van der Waals surface area contributed by atoms with E-state index in [-0.39, 0.29) is 11.6 Å². The first-order chi connectivity index (χ1) is 7.75. The number of rotatable bonds is 2. The third kappa shape index (κ3) is 1.67. The Morgan fingerprint density at radius 1 is 1.25 bits per heavy atom. The molecule has 2 fully saturated rings. The quantitative estimate of drug-likeness (QED) is 0.815. The number of hydrogen-bond acceptors (Lipinski definition) is 3. The van der Waals surface area contributed by atoms with Crippen LogP contribution in [0.4, 0.5) is 0 Å². The minimum atomic E-state index is -0.403. The highest BCUT2D eigenvalue weighted by atomic mass is 16.3. The molecular formula is C12H16N2O2. The minimum absolute atomic E-state index is 0.0876. The highest BCUT2D eigenvalue weighted by molar-refractivity contribution is 5.13. The van der Waals surface area contributed by atoms with Crippen molar-refractivity contribution in [1.82, 2.24) is 9.78 Å². The number of hydrogen-bond donors (Lipinski definition) is 1. The van der Waals surface area contributed by atoms with Gasteiger partial charge in [0.25, 0.3) is 5.56 Å². The lowest BCUT2D eigenvalue weighted by Gasteiger charge is -2.16. The molecular weight excluding hydrogens is 204 g/mol. The molecule has 16 heavy (non-hydrogen) atoms. The second-order valence-electron chi connectivity index (χ2n) is 4.88. The molecule has 0 spiro atoms. The van der Waals surface area contributed by atoms with E-state index >= 15 is 0 Å². The third-order valence-electron chi connectivity index (χ3n) is 3.60. The first-order valence-corrected chi connectivity index (χ1v) is 6.03. The van der Waals surface area contributed by atoms with Crippen LogP contribution in [0.15, 0.2) is 16.9 Å². The first-order valence-electron chi connectivity index (χ1n) is 6.03. The fourth-order valence-corrected chi connectivity index (χ4v) is 2.48. The van der Waals surface area contributed by atoms with Crippen molar-refractivity contribution >= 4 is 0 Å². The predicted octanol–water partition coefficient (Wildman–Crippen LogP) is 1.21. The van der Waals surface area contributed by atoms with Crippen LogP contribution in [0.2, 0.25) is 0 Å². The molecule has 2 aliphatic rings. The molecule has 2 saturated carbocycles. The lowest BCUT2D eigenvalue weighted by atomic mass is 10.2. The van der Waals surface area contributed by atoms with Crippen molar-refractivity contribution in [2.45, 2.75) is 50.2 Å². The Labute approximate surface area is 93.9 Å². The maximum absolute atomic E-state index is 11.7. The van der Waals surface area contributed by atoms with Crippen LogP contribution >= 0.6 is 0 Å². The van der Waals surface area contributed by atoms with Crippen molar-refractivity contribution in [2.75, 3.05) is 0 Å². The van der Waals surface area contributed by atoms with E-state index in [2.05, 4.69) is 5.10 Å². The van der Waals surface area contributed by atoms with Gasteiger partial charge in [0.2, 0.25) is 0 Å². The third-order valence-corrected chi connectivity index (χ3v) is 3.60. The summed E-state index contributed by atoms with van der Waals surface area (Å²) in [6, 6.07) is 3.31. The van der Waals surface area contributed by atoms with Gasteiger partial charge in [-0.3, -0.25) is 4.79 Å². The van der Waals surface area contributed by atoms with E-state index in [1.165, 1.54) is 17.5 Å². The summed E-state index contributed by atoms with van der Waals surface area (Å²) in [5.41, 5.74) is 0.925. The summed E-state index contributed by atoms with van der Waals surface area (Å²) in [7, 11) is 0. The number of nitrogens with zero attached hydrogens (tertiary/aromatic N) is 2. The highest BCUT2D eigenvalue weighted by Gasteiger charge is 2.30. The van der Waals surface area contributed by atoms with E-state index in [0.29, 0.717) is 5.92 Å². The number of aliphatic hydroxyl groups is 1. The topological polar surface area (TPSA) is 55.1 Å². The summed E-state index contributed by atoms with van der Waals surface area (Å²) in [6.07, 6.45) is 4.58. The summed E-state index contributed by atoms with van der Waals surface area (Å²) in [4.78, 5) is 11.7. The predicted molar refractivity (Wildman–Crippen MR) is 59.4 cm³/mol. The van der Waals surface area contributed by atoms with Crippen molar-refractivity contribution in [2.24, 2.45) is 0 Å². The van der Waals surface area contributed by atoms with Gasteiger partial charge in [-0.15, -0.1) is 0 Å². The van der Waals surface area contributed by atoms with E-state index in [0.717, 1.165) is 25.0 Å². The molecule has 0 aliphatic heterocycles. The Morgan fingerprint density at radius 2 is 2.06 bits per heavy atom. The Balaban J connectivity index is 1.97. The van der Waals surface area contributed by atoms with Crippen molar-refractivity contribution in [3.8, 4) is 0 Å². The van der Waals surface area contributed by atoms with Crippen LogP contribution in [0.5, 0.6) is 0 Å². The smallest absolute Gasteiger partial charge is 0.267 e. The summed E-state index contributed by atoms with van der Waals surface area (Å²) in [5.74, 6) is 0.547. The monoisotopic (exact) mass is 220 g/mol. The van der Waals surface area contributed by atoms with Gasteiger partial charge in [-0.1, -0.05) is 0 Å². The lowest BCUT2D eigenvalue weighted by molar-refractivity contribution is 0.127. The Morgan fingerprint density at radius 3 is 2.69 bits per heavy atom. The molecule has 1 N–H and O–H groups in total. The second kappa shape index (κ2) is 3.70. The zero-order chi connectivity index (χ0) is 11.1. The molecule has 1 aromatic heterocycles. The second-order valence-corrected chi connectivity index (χ2v) is 4.88. The summed E-state index contributed by atoms with van der Waals surface area (Å²) < 4.78 is 1.51. The normalized spacial score (nSPS) is 29.6. The van der Waals surface area contributed by atoms with Gasteiger partial charge in [0.1, 0.15) is 0 Å². The maximum Gasteiger partial charge on any atom is 0.267 e. The number of aromatic nitrogens is 2. The average Bonchev–Trinajstić information content (AvgIpc) is 3.03. The Bertz CT molecular complexity index is 451. The maximum atomic E-state index is 11.7. The molecule has 1 aromatic rings. The van der Waals surface area contributed by atoms with Gasteiger partial charge in [0.15, 0.2) is 0 Å². The number of aliphatic hydroxyl groups excluding tert-OH is 1. The van der Waals surface area contributed by atoms with E-state index in [9.17, 15) is 9.90 Å². The van der Waals surface area contributed by atoms with Crippen molar-refractivity contribution in [3.05, 3.63) is 28.2 Å². The van der Waals surface area contributed by atoms with Crippen LogP contribution in [0.25, 0.3) is 0 Å². The van der Waals surface area contributed by atoms with Gasteiger partial charge in [-0.25, -0.2) is 4.68 Å². The van der Waals surface area contributed by atoms with Crippen molar-refractivity contribution < 1.29 is 5.11 Å². The van der Waals surface area contributed by atoms with Crippen molar-refractivity contribution in [1.29, 1.82) is 0 Å². The Kier molecular flexibility index (Phi) is 2.32. The summed E-state index contributed by atoms with van der Waals surface area (Å²) in [5, 5.41) is 14.2. The first kappa shape index (κ1) is 10.0. The largest absolute Gasteiger partial charge is 0.391 e. The van der Waals surface area contributed by atoms with Gasteiger partial charge in [-0.2, -0.15) is 5.10 Å². The molecule has 1 heterocycles. The Hall–Kier alpha value is -1.16. The molecule has 4 heteroatoms. The fourth-order valence-electron chi connectivity index (χ4n) is 2.48. The van der Waals surface area contributed by atoms with Crippen LogP contribution in [-0.4, -0.2) is 21.0 Å². The van der Waals surface area contributed by atoms with Gasteiger partial charge < -0.3 is 5.11 Å². The van der Waals surface area contributed by atoms with Crippen molar-refractivity contribution in [3.63, 3.8) is 0 Å². The van der Waals surface area contributed by atoms with E-state index in [1.807, 2.05) is 6.07 Å². The molecule has 0 radical (unpaired) electrons. The molecule has 0 aromatic carbocycles. The fraction of sp³-hybridized carbons (Fsp3) is 0.667. The molecule has 86 valence electrons.